The number of aryl methyl sites for hydroxylation is 1. The van der Waals surface area contributed by atoms with Gasteiger partial charge in [0, 0.05) is 34.6 Å². The Labute approximate surface area is 211 Å². The van der Waals surface area contributed by atoms with Gasteiger partial charge in [0.1, 0.15) is 11.3 Å². The van der Waals surface area contributed by atoms with Gasteiger partial charge in [0.05, 0.1) is 5.39 Å². The van der Waals surface area contributed by atoms with E-state index in [4.69, 9.17) is 16.0 Å². The molecule has 0 aliphatic rings. The highest BCUT2D eigenvalue weighted by molar-refractivity contribution is 6.31. The van der Waals surface area contributed by atoms with Crippen molar-refractivity contribution in [2.45, 2.75) is 39.5 Å². The molecule has 1 atom stereocenters. The first-order valence-corrected chi connectivity index (χ1v) is 12.2. The third-order valence-electron chi connectivity index (χ3n) is 6.45. The molecule has 3 nitrogen and oxygen atoms in total. The van der Waals surface area contributed by atoms with Crippen LogP contribution in [-0.4, -0.2) is 5.78 Å². The van der Waals surface area contributed by atoms with Crippen molar-refractivity contribution in [2.24, 2.45) is 5.92 Å². The Bertz CT molecular complexity index is 1430. The Morgan fingerprint density at radius 1 is 1.00 bits per heavy atom. The second-order valence-electron chi connectivity index (χ2n) is 9.43. The van der Waals surface area contributed by atoms with Crippen LogP contribution in [0.1, 0.15) is 59.0 Å². The van der Waals surface area contributed by atoms with E-state index < -0.39 is 0 Å². The highest BCUT2D eigenvalue weighted by Crippen LogP contribution is 2.35. The first-order valence-electron chi connectivity index (χ1n) is 11.8. The minimum absolute atomic E-state index is 0.0668. The van der Waals surface area contributed by atoms with E-state index in [0.717, 1.165) is 11.1 Å². The summed E-state index contributed by atoms with van der Waals surface area (Å²) < 4.78 is 6.42. The molecule has 0 spiro atoms. The Morgan fingerprint density at radius 2 is 1.69 bits per heavy atom. The maximum atomic E-state index is 13.7. The number of Topliss-reactive ketones (excluding diaryl/α,β-unsaturated/α-hetero) is 1. The first-order chi connectivity index (χ1) is 16.7. The number of carbonyl (C=O) groups is 1. The molecular formula is C31H29ClO3. The smallest absolute Gasteiger partial charge is 0.196 e. The van der Waals surface area contributed by atoms with Crippen LogP contribution >= 0.6 is 11.6 Å². The fourth-order valence-corrected chi connectivity index (χ4v) is 4.55. The molecule has 0 saturated heterocycles. The number of fused-ring (bicyclic) bond motifs is 1. The maximum absolute atomic E-state index is 13.7. The summed E-state index contributed by atoms with van der Waals surface area (Å²) in [6.07, 6.45) is 0.833. The second-order valence-corrected chi connectivity index (χ2v) is 9.87. The standard InChI is InChI=1S/C31H29ClO3/c1-19(2)26(16-21(4)29(33)23-12-10-20(3)11-13-23)31-27(17-22-8-6-5-7-9-22)30(34)25-15-14-24(32)18-28(25)35-31/h5-15,18-19,26H,4,16-17H2,1-3H3/t26-/m0/s1. The summed E-state index contributed by atoms with van der Waals surface area (Å²) in [5.74, 6) is 0.409. The van der Waals surface area contributed by atoms with E-state index in [2.05, 4.69) is 20.4 Å². The predicted molar refractivity (Wildman–Crippen MR) is 144 cm³/mol. The Kier molecular flexibility index (Phi) is 7.37. The zero-order valence-electron chi connectivity index (χ0n) is 20.3. The number of rotatable bonds is 8. The van der Waals surface area contributed by atoms with E-state index in [1.807, 2.05) is 61.5 Å². The lowest BCUT2D eigenvalue weighted by Gasteiger charge is -2.24. The molecule has 35 heavy (non-hydrogen) atoms. The lowest BCUT2D eigenvalue weighted by Crippen LogP contribution is -2.20. The molecule has 0 saturated carbocycles. The van der Waals surface area contributed by atoms with Crippen molar-refractivity contribution in [3.8, 4) is 0 Å². The Hall–Kier alpha value is -3.43. The monoisotopic (exact) mass is 484 g/mol. The van der Waals surface area contributed by atoms with Crippen LogP contribution in [0.4, 0.5) is 0 Å². The van der Waals surface area contributed by atoms with Gasteiger partial charge < -0.3 is 4.42 Å². The summed E-state index contributed by atoms with van der Waals surface area (Å²) in [7, 11) is 0. The van der Waals surface area contributed by atoms with E-state index in [-0.39, 0.29) is 23.0 Å². The van der Waals surface area contributed by atoms with Gasteiger partial charge in [-0.15, -0.1) is 0 Å². The van der Waals surface area contributed by atoms with Gasteiger partial charge in [-0.2, -0.15) is 0 Å². The number of allylic oxidation sites excluding steroid dienone is 1. The zero-order valence-corrected chi connectivity index (χ0v) is 21.1. The number of hydrogen-bond donors (Lipinski definition) is 0. The van der Waals surface area contributed by atoms with E-state index in [9.17, 15) is 9.59 Å². The van der Waals surface area contributed by atoms with Gasteiger partial charge in [-0.25, -0.2) is 0 Å². The number of halogens is 1. The van der Waals surface area contributed by atoms with Crippen molar-refractivity contribution in [3.05, 3.63) is 128 Å². The van der Waals surface area contributed by atoms with Crippen LogP contribution in [0.25, 0.3) is 11.0 Å². The van der Waals surface area contributed by atoms with E-state index in [0.29, 0.717) is 51.3 Å². The Morgan fingerprint density at radius 3 is 2.34 bits per heavy atom. The van der Waals surface area contributed by atoms with Crippen LogP contribution in [0.15, 0.2) is 94.2 Å². The molecule has 0 aliphatic heterocycles. The van der Waals surface area contributed by atoms with Crippen LogP contribution in [0.2, 0.25) is 5.02 Å². The molecule has 0 unspecified atom stereocenters. The number of carbonyl (C=O) groups excluding carboxylic acids is 1. The largest absolute Gasteiger partial charge is 0.460 e. The lowest BCUT2D eigenvalue weighted by molar-refractivity contribution is 0.102. The molecule has 0 radical (unpaired) electrons. The highest BCUT2D eigenvalue weighted by Gasteiger charge is 2.28. The normalized spacial score (nSPS) is 12.1. The lowest BCUT2D eigenvalue weighted by atomic mass is 9.82. The van der Waals surface area contributed by atoms with E-state index >= 15 is 0 Å². The number of hydrogen-bond acceptors (Lipinski definition) is 3. The van der Waals surface area contributed by atoms with Gasteiger partial charge in [-0.1, -0.05) is 92.2 Å². The van der Waals surface area contributed by atoms with Gasteiger partial charge in [0.25, 0.3) is 0 Å². The van der Waals surface area contributed by atoms with Gasteiger partial charge >= 0.3 is 0 Å². The molecule has 4 aromatic rings. The second kappa shape index (κ2) is 10.5. The quantitative estimate of drug-likeness (QED) is 0.188. The molecular weight excluding hydrogens is 456 g/mol. The summed E-state index contributed by atoms with van der Waals surface area (Å²) in [6, 6.07) is 22.5. The molecule has 178 valence electrons. The third kappa shape index (κ3) is 5.47. The zero-order chi connectivity index (χ0) is 25.1. The summed E-state index contributed by atoms with van der Waals surface area (Å²) in [5, 5.41) is 1.00. The minimum atomic E-state index is -0.202. The third-order valence-corrected chi connectivity index (χ3v) is 6.68. The fraction of sp³-hybridized carbons (Fsp3) is 0.226. The van der Waals surface area contributed by atoms with Crippen LogP contribution in [0, 0.1) is 12.8 Å². The molecule has 0 N–H and O–H groups in total. The van der Waals surface area contributed by atoms with Gasteiger partial charge in [0.15, 0.2) is 11.2 Å². The topological polar surface area (TPSA) is 47.3 Å². The average Bonchev–Trinajstić information content (AvgIpc) is 2.84. The summed E-state index contributed by atoms with van der Waals surface area (Å²) in [4.78, 5) is 26.8. The average molecular weight is 485 g/mol. The van der Waals surface area contributed by atoms with Crippen molar-refractivity contribution >= 4 is 28.4 Å². The van der Waals surface area contributed by atoms with E-state index in [1.54, 1.807) is 18.2 Å². The van der Waals surface area contributed by atoms with Gasteiger partial charge in [-0.05, 0) is 42.5 Å². The molecule has 4 heteroatoms. The maximum Gasteiger partial charge on any atom is 0.196 e. The van der Waals surface area contributed by atoms with Crippen LogP contribution in [-0.2, 0) is 6.42 Å². The summed E-state index contributed by atoms with van der Waals surface area (Å²) >= 11 is 6.22. The molecule has 3 aromatic carbocycles. The van der Waals surface area contributed by atoms with E-state index in [1.165, 1.54) is 0 Å². The van der Waals surface area contributed by atoms with Crippen molar-refractivity contribution in [1.29, 1.82) is 0 Å². The summed E-state index contributed by atoms with van der Waals surface area (Å²) in [5.41, 5.74) is 4.21. The van der Waals surface area contributed by atoms with Crippen LogP contribution in [0.5, 0.6) is 0 Å². The number of benzene rings is 3. The summed E-state index contributed by atoms with van der Waals surface area (Å²) in [6.45, 7) is 10.3. The molecule has 0 amide bonds. The SMILES string of the molecule is C=C(C[C@H](c1oc2cc(Cl)ccc2c(=O)c1Cc1ccccc1)C(C)C)C(=O)c1ccc(C)cc1. The van der Waals surface area contributed by atoms with Crippen molar-refractivity contribution in [2.75, 3.05) is 0 Å². The molecule has 0 aliphatic carbocycles. The van der Waals surface area contributed by atoms with Gasteiger partial charge in [-0.3, -0.25) is 9.59 Å². The fourth-order valence-electron chi connectivity index (χ4n) is 4.39. The number of ketones is 1. The van der Waals surface area contributed by atoms with Crippen LogP contribution in [0.3, 0.4) is 0 Å². The highest BCUT2D eigenvalue weighted by atomic mass is 35.5. The Balaban J connectivity index is 1.79. The van der Waals surface area contributed by atoms with Crippen molar-refractivity contribution in [3.63, 3.8) is 0 Å². The minimum Gasteiger partial charge on any atom is -0.460 e. The predicted octanol–water partition coefficient (Wildman–Crippen LogP) is 7.91. The van der Waals surface area contributed by atoms with Gasteiger partial charge in [0.2, 0.25) is 0 Å². The first kappa shape index (κ1) is 24.7. The van der Waals surface area contributed by atoms with Crippen molar-refractivity contribution in [1.82, 2.24) is 0 Å². The van der Waals surface area contributed by atoms with Crippen LogP contribution < -0.4 is 5.43 Å². The van der Waals surface area contributed by atoms with Crippen molar-refractivity contribution < 1.29 is 9.21 Å². The molecule has 0 fully saturated rings. The molecule has 0 bridgehead atoms. The molecule has 4 rings (SSSR count). The molecule has 1 heterocycles. The molecule has 1 aromatic heterocycles.